The molecule has 0 atom stereocenters. The second kappa shape index (κ2) is 10.9. The number of aryl methyl sites for hydroxylation is 2. The summed E-state index contributed by atoms with van der Waals surface area (Å²) in [5, 5.41) is 2.71. The zero-order valence-corrected chi connectivity index (χ0v) is 19.0. The maximum absolute atomic E-state index is 12.6. The Morgan fingerprint density at radius 1 is 1.06 bits per heavy atom. The minimum Gasteiger partial charge on any atom is -0.385 e. The summed E-state index contributed by atoms with van der Waals surface area (Å²) in [6, 6.07) is 10.8. The molecule has 31 heavy (non-hydrogen) atoms. The van der Waals surface area contributed by atoms with Crippen LogP contribution in [0, 0.1) is 13.8 Å². The van der Waals surface area contributed by atoms with Crippen molar-refractivity contribution >= 4 is 21.9 Å². The van der Waals surface area contributed by atoms with E-state index in [1.165, 1.54) is 36.2 Å². The fourth-order valence-corrected chi connectivity index (χ4v) is 4.06. The van der Waals surface area contributed by atoms with E-state index < -0.39 is 10.1 Å². The number of nitrogens with one attached hydrogen (secondary N) is 1. The second-order valence-corrected chi connectivity index (χ2v) is 8.70. The molecule has 0 fully saturated rings. The van der Waals surface area contributed by atoms with Gasteiger partial charge in [0.05, 0.1) is 6.54 Å². The summed E-state index contributed by atoms with van der Waals surface area (Å²) in [6.45, 7) is 4.42. The van der Waals surface area contributed by atoms with Crippen molar-refractivity contribution < 1.29 is 26.9 Å². The number of ether oxygens (including phenoxy) is 1. The van der Waals surface area contributed by atoms with Crippen LogP contribution in [-0.4, -0.2) is 59.0 Å². The Hall–Kier alpha value is -2.91. The molecule has 0 saturated carbocycles. The summed E-state index contributed by atoms with van der Waals surface area (Å²) in [7, 11) is -0.895. The number of carbonyl (C=O) groups is 2. The second-order valence-electron chi connectivity index (χ2n) is 7.19. The quantitative estimate of drug-likeness (QED) is 0.442. The van der Waals surface area contributed by atoms with Gasteiger partial charge < -0.3 is 19.1 Å². The lowest BCUT2D eigenvalue weighted by Crippen LogP contribution is -2.38. The summed E-state index contributed by atoms with van der Waals surface area (Å²) in [5.74, 6) is -0.543. The number of hydrogen-bond donors (Lipinski definition) is 1. The van der Waals surface area contributed by atoms with Crippen molar-refractivity contribution in [2.24, 2.45) is 0 Å². The first-order chi connectivity index (χ1) is 14.6. The number of likely N-dealkylation sites (N-methyl/N-ethyl adjacent to an activating group) is 1. The highest BCUT2D eigenvalue weighted by Gasteiger charge is 2.20. The number of amides is 2. The fraction of sp³-hybridized carbons (Fsp3) is 0.364. The van der Waals surface area contributed by atoms with Gasteiger partial charge in [0.25, 0.3) is 5.91 Å². The number of nitrogens with zero attached hydrogens (tertiary/aromatic N) is 1. The van der Waals surface area contributed by atoms with E-state index in [0.29, 0.717) is 30.7 Å². The van der Waals surface area contributed by atoms with Crippen LogP contribution in [0.2, 0.25) is 0 Å². The lowest BCUT2D eigenvalue weighted by atomic mass is 10.2. The minimum absolute atomic E-state index is 0.0922. The third kappa shape index (κ3) is 7.08. The van der Waals surface area contributed by atoms with Crippen molar-refractivity contribution in [2.75, 3.05) is 33.9 Å². The molecule has 0 unspecified atom stereocenters. The van der Waals surface area contributed by atoms with Crippen molar-refractivity contribution in [3.63, 3.8) is 0 Å². The minimum atomic E-state index is -4.00. The Morgan fingerprint density at radius 3 is 2.39 bits per heavy atom. The normalized spacial score (nSPS) is 11.1. The predicted octanol–water partition coefficient (Wildman–Crippen LogP) is 2.30. The maximum atomic E-state index is 12.6. The van der Waals surface area contributed by atoms with Crippen LogP contribution >= 0.6 is 0 Å². The topological polar surface area (TPSA) is 102 Å². The molecule has 1 N–H and O–H groups in total. The highest BCUT2D eigenvalue weighted by molar-refractivity contribution is 7.87. The average Bonchev–Trinajstić information content (AvgIpc) is 2.72. The Bertz CT molecular complexity index is 1020. The zero-order valence-electron chi connectivity index (χ0n) is 18.2. The van der Waals surface area contributed by atoms with Crippen molar-refractivity contribution in [1.29, 1.82) is 0 Å². The maximum Gasteiger partial charge on any atom is 0.339 e. The SMILES string of the molecule is COCCCNC(=O)CN(C)C(=O)c1ccc(OS(=O)(=O)c2cc(C)ccc2C)cc1. The van der Waals surface area contributed by atoms with Gasteiger partial charge in [0.1, 0.15) is 10.6 Å². The molecular formula is C22H28N2O6S. The van der Waals surface area contributed by atoms with Gasteiger partial charge in [-0.1, -0.05) is 12.1 Å². The summed E-state index contributed by atoms with van der Waals surface area (Å²) in [6.07, 6.45) is 0.687. The largest absolute Gasteiger partial charge is 0.385 e. The molecule has 0 aliphatic carbocycles. The van der Waals surface area contributed by atoms with E-state index in [4.69, 9.17) is 8.92 Å². The van der Waals surface area contributed by atoms with E-state index in [0.717, 1.165) is 5.56 Å². The number of benzene rings is 2. The molecule has 9 heteroatoms. The first kappa shape index (κ1) is 24.4. The van der Waals surface area contributed by atoms with Crippen LogP contribution in [0.3, 0.4) is 0 Å². The molecule has 0 heterocycles. The molecule has 0 aliphatic heterocycles. The third-order valence-corrected chi connectivity index (χ3v) is 5.89. The molecule has 0 aliphatic rings. The molecule has 2 rings (SSSR count). The highest BCUT2D eigenvalue weighted by atomic mass is 32.2. The van der Waals surface area contributed by atoms with E-state index in [1.54, 1.807) is 33.1 Å². The summed E-state index contributed by atoms with van der Waals surface area (Å²) in [4.78, 5) is 25.8. The van der Waals surface area contributed by atoms with Crippen LogP contribution in [0.1, 0.15) is 27.9 Å². The van der Waals surface area contributed by atoms with E-state index in [9.17, 15) is 18.0 Å². The molecule has 0 spiro atoms. The zero-order chi connectivity index (χ0) is 23.0. The predicted molar refractivity (Wildman–Crippen MR) is 117 cm³/mol. The van der Waals surface area contributed by atoms with Gasteiger partial charge in [-0.25, -0.2) is 0 Å². The number of methoxy groups -OCH3 is 1. The van der Waals surface area contributed by atoms with Crippen LogP contribution in [0.5, 0.6) is 5.75 Å². The standard InChI is InChI=1S/C22H28N2O6S/c1-16-6-7-17(2)20(14-16)31(27,28)30-19-10-8-18(9-11-19)22(26)24(3)15-21(25)23-12-5-13-29-4/h6-11,14H,5,12-13,15H2,1-4H3,(H,23,25). The van der Waals surface area contributed by atoms with Gasteiger partial charge in [-0.2, -0.15) is 8.42 Å². The molecular weight excluding hydrogens is 420 g/mol. The first-order valence-corrected chi connectivity index (χ1v) is 11.2. The van der Waals surface area contributed by atoms with Crippen LogP contribution in [-0.2, 0) is 19.6 Å². The first-order valence-electron chi connectivity index (χ1n) is 9.77. The highest BCUT2D eigenvalue weighted by Crippen LogP contribution is 2.23. The molecule has 2 aromatic rings. The summed E-state index contributed by atoms with van der Waals surface area (Å²) < 4.78 is 35.3. The fourth-order valence-electron chi connectivity index (χ4n) is 2.81. The third-order valence-electron chi connectivity index (χ3n) is 4.50. The number of rotatable bonds is 10. The summed E-state index contributed by atoms with van der Waals surface area (Å²) in [5.41, 5.74) is 1.70. The lowest BCUT2D eigenvalue weighted by Gasteiger charge is -2.17. The molecule has 2 amide bonds. The lowest BCUT2D eigenvalue weighted by molar-refractivity contribution is -0.121. The summed E-state index contributed by atoms with van der Waals surface area (Å²) >= 11 is 0. The van der Waals surface area contributed by atoms with Crippen LogP contribution in [0.25, 0.3) is 0 Å². The smallest absolute Gasteiger partial charge is 0.339 e. The van der Waals surface area contributed by atoms with Crippen LogP contribution < -0.4 is 9.50 Å². The van der Waals surface area contributed by atoms with E-state index in [-0.39, 0.29) is 29.0 Å². The van der Waals surface area contributed by atoms with Crippen molar-refractivity contribution in [2.45, 2.75) is 25.2 Å². The van der Waals surface area contributed by atoms with E-state index >= 15 is 0 Å². The molecule has 0 saturated heterocycles. The molecule has 0 aromatic heterocycles. The van der Waals surface area contributed by atoms with Gasteiger partial charge in [-0.15, -0.1) is 0 Å². The van der Waals surface area contributed by atoms with Crippen molar-refractivity contribution in [3.8, 4) is 5.75 Å². The number of hydrogen-bond acceptors (Lipinski definition) is 6. The number of carbonyl (C=O) groups excluding carboxylic acids is 2. The Labute approximate surface area is 183 Å². The molecule has 2 aromatic carbocycles. The Kier molecular flexibility index (Phi) is 8.58. The monoisotopic (exact) mass is 448 g/mol. The van der Waals surface area contributed by atoms with Gasteiger partial charge >= 0.3 is 10.1 Å². The van der Waals surface area contributed by atoms with Crippen LogP contribution in [0.4, 0.5) is 0 Å². The molecule has 8 nitrogen and oxygen atoms in total. The molecule has 0 bridgehead atoms. The molecule has 168 valence electrons. The van der Waals surface area contributed by atoms with Gasteiger partial charge in [-0.3, -0.25) is 9.59 Å². The van der Waals surface area contributed by atoms with Gasteiger partial charge in [-0.05, 0) is 61.7 Å². The average molecular weight is 449 g/mol. The van der Waals surface area contributed by atoms with Crippen molar-refractivity contribution in [3.05, 3.63) is 59.2 Å². The van der Waals surface area contributed by atoms with Gasteiger partial charge in [0.2, 0.25) is 5.91 Å². The van der Waals surface area contributed by atoms with E-state index in [1.807, 2.05) is 6.07 Å². The van der Waals surface area contributed by atoms with E-state index in [2.05, 4.69) is 5.32 Å². The van der Waals surface area contributed by atoms with Gasteiger partial charge in [0.15, 0.2) is 0 Å². The molecule has 0 radical (unpaired) electrons. The van der Waals surface area contributed by atoms with Crippen LogP contribution in [0.15, 0.2) is 47.4 Å². The van der Waals surface area contributed by atoms with Gasteiger partial charge in [0, 0.05) is 32.9 Å². The Balaban J connectivity index is 2.00. The Morgan fingerprint density at radius 2 is 1.74 bits per heavy atom. The van der Waals surface area contributed by atoms with Crippen molar-refractivity contribution in [1.82, 2.24) is 10.2 Å².